The van der Waals surface area contributed by atoms with Gasteiger partial charge in [0.25, 0.3) is 0 Å². The number of hydrogen-bond donors (Lipinski definition) is 0. The van der Waals surface area contributed by atoms with Crippen LogP contribution < -0.4 is 0 Å². The topological polar surface area (TPSA) is 0 Å². The van der Waals surface area contributed by atoms with Crippen molar-refractivity contribution in [2.24, 2.45) is 0 Å². The molecule has 7 aromatic rings. The summed E-state index contributed by atoms with van der Waals surface area (Å²) < 4.78 is 0.0123. The van der Waals surface area contributed by atoms with Crippen LogP contribution in [0.2, 0.25) is 0 Å². The fourth-order valence-corrected chi connectivity index (χ4v) is 10.7. The second kappa shape index (κ2) is 13.1. The highest BCUT2D eigenvalue weighted by Crippen LogP contribution is 2.71. The molecule has 236 valence electrons. The van der Waals surface area contributed by atoms with Gasteiger partial charge in [0.2, 0.25) is 0 Å². The lowest BCUT2D eigenvalue weighted by Gasteiger charge is -2.66. The van der Waals surface area contributed by atoms with Crippen molar-refractivity contribution < 1.29 is 0 Å². The molecule has 0 nitrogen and oxygen atoms in total. The Kier molecular flexibility index (Phi) is 8.39. The zero-order valence-corrected chi connectivity index (χ0v) is 29.4. The van der Waals surface area contributed by atoms with E-state index in [1.165, 1.54) is 44.5 Å². The van der Waals surface area contributed by atoms with Gasteiger partial charge in [0.05, 0.1) is 20.2 Å². The van der Waals surface area contributed by atoms with Crippen molar-refractivity contribution in [3.8, 4) is 0 Å². The molecule has 0 saturated heterocycles. The van der Waals surface area contributed by atoms with Gasteiger partial charge in [0.1, 0.15) is 0 Å². The first kappa shape index (κ1) is 31.3. The molecule has 1 atom stereocenters. The van der Waals surface area contributed by atoms with Crippen molar-refractivity contribution in [2.75, 3.05) is 0 Å². The van der Waals surface area contributed by atoms with E-state index in [4.69, 9.17) is 0 Å². The van der Waals surface area contributed by atoms with E-state index in [0.717, 1.165) is 0 Å². The Labute approximate surface area is 304 Å². The van der Waals surface area contributed by atoms with Gasteiger partial charge in [-0.3, -0.25) is 0 Å². The highest BCUT2D eigenvalue weighted by molar-refractivity contribution is 14.1. The van der Waals surface area contributed by atoms with E-state index in [9.17, 15) is 0 Å². The number of alkyl halides is 1. The SMILES string of the molecule is IC1C(c2ccccc2)=CC(c2ccccc2)(c2ccccc2)C(c2ccccc2)(c2ccccc2)C1(c1ccccc1)c1ccccc1. The second-order valence-electron chi connectivity index (χ2n) is 12.9. The molecular formula is C48H37I. The summed E-state index contributed by atoms with van der Waals surface area (Å²) in [5.41, 5.74) is 8.17. The third kappa shape index (κ3) is 4.70. The lowest BCUT2D eigenvalue weighted by molar-refractivity contribution is 0.227. The van der Waals surface area contributed by atoms with Crippen LogP contribution in [0.4, 0.5) is 0 Å². The lowest BCUT2D eigenvalue weighted by Crippen LogP contribution is -2.68. The van der Waals surface area contributed by atoms with E-state index in [0.29, 0.717) is 0 Å². The molecule has 0 spiro atoms. The number of rotatable bonds is 7. The average molecular weight is 741 g/mol. The van der Waals surface area contributed by atoms with E-state index >= 15 is 0 Å². The third-order valence-corrected chi connectivity index (χ3v) is 12.3. The van der Waals surface area contributed by atoms with Crippen LogP contribution in [0.1, 0.15) is 38.9 Å². The minimum atomic E-state index is -0.696. The molecule has 0 aliphatic heterocycles. The number of benzene rings is 7. The molecule has 0 N–H and O–H groups in total. The summed E-state index contributed by atoms with van der Waals surface area (Å²) in [6, 6.07) is 78.9. The Morgan fingerprint density at radius 2 is 0.612 bits per heavy atom. The van der Waals surface area contributed by atoms with Gasteiger partial charge in [0, 0.05) is 0 Å². The first-order chi connectivity index (χ1) is 24.2. The molecular weight excluding hydrogens is 703 g/mol. The van der Waals surface area contributed by atoms with Crippen LogP contribution >= 0.6 is 22.6 Å². The third-order valence-electron chi connectivity index (χ3n) is 10.6. The molecule has 49 heavy (non-hydrogen) atoms. The van der Waals surface area contributed by atoms with E-state index in [-0.39, 0.29) is 3.92 Å². The molecule has 0 fully saturated rings. The predicted octanol–water partition coefficient (Wildman–Crippen LogP) is 11.8. The largest absolute Gasteiger partial charge is 0.0760 e. The van der Waals surface area contributed by atoms with Crippen molar-refractivity contribution in [1.82, 2.24) is 0 Å². The van der Waals surface area contributed by atoms with E-state index in [1.807, 2.05) is 0 Å². The van der Waals surface area contributed by atoms with E-state index in [1.54, 1.807) is 0 Å². The van der Waals surface area contributed by atoms with Crippen LogP contribution in [-0.2, 0) is 16.2 Å². The summed E-state index contributed by atoms with van der Waals surface area (Å²) in [7, 11) is 0. The molecule has 0 radical (unpaired) electrons. The van der Waals surface area contributed by atoms with Gasteiger partial charge in [-0.25, -0.2) is 0 Å². The number of hydrogen-bond acceptors (Lipinski definition) is 0. The minimum Gasteiger partial charge on any atom is -0.0760 e. The zero-order valence-electron chi connectivity index (χ0n) is 27.2. The Bertz CT molecular complexity index is 2020. The maximum Gasteiger partial charge on any atom is 0.0537 e. The van der Waals surface area contributed by atoms with Crippen LogP contribution in [0.15, 0.2) is 218 Å². The molecule has 7 aromatic carbocycles. The number of allylic oxidation sites excluding steroid dienone is 2. The van der Waals surface area contributed by atoms with Crippen LogP contribution in [-0.4, -0.2) is 3.92 Å². The van der Waals surface area contributed by atoms with Gasteiger partial charge in [-0.2, -0.15) is 0 Å². The van der Waals surface area contributed by atoms with Crippen molar-refractivity contribution in [2.45, 2.75) is 20.2 Å². The normalized spacial score (nSPS) is 17.5. The lowest BCUT2D eigenvalue weighted by atomic mass is 9.36. The Balaban J connectivity index is 1.74. The van der Waals surface area contributed by atoms with Gasteiger partial charge >= 0.3 is 0 Å². The van der Waals surface area contributed by atoms with Gasteiger partial charge < -0.3 is 0 Å². The molecule has 0 amide bonds. The van der Waals surface area contributed by atoms with Gasteiger partial charge in [0.15, 0.2) is 0 Å². The molecule has 0 bridgehead atoms. The van der Waals surface area contributed by atoms with E-state index < -0.39 is 16.2 Å². The highest BCUT2D eigenvalue weighted by Gasteiger charge is 2.71. The Hall–Kier alpha value is -4.99. The van der Waals surface area contributed by atoms with Crippen LogP contribution in [0.25, 0.3) is 5.57 Å². The van der Waals surface area contributed by atoms with Crippen molar-refractivity contribution in [3.05, 3.63) is 257 Å². The smallest absolute Gasteiger partial charge is 0.0537 e. The summed E-state index contributed by atoms with van der Waals surface area (Å²) in [4.78, 5) is 0. The van der Waals surface area contributed by atoms with Crippen molar-refractivity contribution in [3.63, 3.8) is 0 Å². The molecule has 0 aromatic heterocycles. The average Bonchev–Trinajstić information content (AvgIpc) is 3.20. The van der Waals surface area contributed by atoms with Crippen molar-refractivity contribution in [1.29, 1.82) is 0 Å². The monoisotopic (exact) mass is 740 g/mol. The minimum absolute atomic E-state index is 0.0123. The Morgan fingerprint density at radius 1 is 0.327 bits per heavy atom. The first-order valence-corrected chi connectivity index (χ1v) is 18.2. The molecule has 1 aliphatic carbocycles. The maximum atomic E-state index is 2.81. The molecule has 0 heterocycles. The van der Waals surface area contributed by atoms with Crippen LogP contribution in [0.3, 0.4) is 0 Å². The Morgan fingerprint density at radius 3 is 0.959 bits per heavy atom. The summed E-state index contributed by atoms with van der Waals surface area (Å²) >= 11 is 2.81. The summed E-state index contributed by atoms with van der Waals surface area (Å²) in [5, 5.41) is 0. The van der Waals surface area contributed by atoms with Gasteiger partial charge in [-0.1, -0.05) is 241 Å². The van der Waals surface area contributed by atoms with Crippen molar-refractivity contribution >= 4 is 28.2 Å². The van der Waals surface area contributed by atoms with Crippen LogP contribution in [0.5, 0.6) is 0 Å². The first-order valence-electron chi connectivity index (χ1n) is 17.0. The molecule has 1 aliphatic rings. The standard InChI is InChI=1S/C48H37I/c49-45-44(37-22-8-1-9-23-37)36-46(38-24-10-2-11-25-38,39-26-12-3-13-27-39)48(42-32-18-6-19-33-42,43-34-20-7-21-35-43)47(45,40-28-14-4-15-29-40)41-30-16-5-17-31-41/h1-36,45H. The molecule has 1 unspecified atom stereocenters. The molecule has 8 rings (SSSR count). The summed E-state index contributed by atoms with van der Waals surface area (Å²) in [6.07, 6.45) is 2.65. The predicted molar refractivity (Wildman–Crippen MR) is 213 cm³/mol. The fraction of sp³-hybridized carbons (Fsp3) is 0.0833. The summed E-state index contributed by atoms with van der Waals surface area (Å²) in [5.74, 6) is 0. The fourth-order valence-electron chi connectivity index (χ4n) is 8.93. The van der Waals surface area contributed by atoms with Gasteiger partial charge in [-0.05, 0) is 44.5 Å². The van der Waals surface area contributed by atoms with Gasteiger partial charge in [-0.15, -0.1) is 0 Å². The maximum absolute atomic E-state index is 2.81. The van der Waals surface area contributed by atoms with Crippen LogP contribution in [0, 0.1) is 0 Å². The van der Waals surface area contributed by atoms with E-state index in [2.05, 4.69) is 241 Å². The second-order valence-corrected chi connectivity index (χ2v) is 14.1. The summed E-state index contributed by atoms with van der Waals surface area (Å²) in [6.45, 7) is 0. The highest BCUT2D eigenvalue weighted by atomic mass is 127. The molecule has 1 heteroatoms. The zero-order chi connectivity index (χ0) is 33.2. The number of halogens is 1. The quantitative estimate of drug-likeness (QED) is 0.113. The molecule has 0 saturated carbocycles.